The van der Waals surface area contributed by atoms with Crippen LogP contribution in [0.15, 0.2) is 35.0 Å². The van der Waals surface area contributed by atoms with E-state index in [4.69, 9.17) is 4.74 Å². The summed E-state index contributed by atoms with van der Waals surface area (Å²) in [7, 11) is 1.63. The van der Waals surface area contributed by atoms with Crippen LogP contribution >= 0.6 is 0 Å². The molecule has 1 rings (SSSR count). The smallest absolute Gasteiger partial charge is 0.118 e. The highest BCUT2D eigenvalue weighted by Crippen LogP contribution is 2.15. The van der Waals surface area contributed by atoms with Crippen LogP contribution in [0.25, 0.3) is 6.08 Å². The van der Waals surface area contributed by atoms with Crippen LogP contribution in [0.1, 0.15) is 19.4 Å². The van der Waals surface area contributed by atoms with Gasteiger partial charge in [0.05, 0.1) is 7.11 Å². The number of benzene rings is 1. The van der Waals surface area contributed by atoms with Gasteiger partial charge in [-0.15, -0.1) is 0 Å². The third-order valence-corrected chi connectivity index (χ3v) is 2.33. The van der Waals surface area contributed by atoms with Crippen molar-refractivity contribution in [3.8, 4) is 5.75 Å². The van der Waals surface area contributed by atoms with E-state index in [9.17, 15) is 4.91 Å². The summed E-state index contributed by atoms with van der Waals surface area (Å²) in [6.45, 7) is 3.68. The summed E-state index contributed by atoms with van der Waals surface area (Å²) in [5.41, 5.74) is 2.00. The van der Waals surface area contributed by atoms with Crippen molar-refractivity contribution in [3.63, 3.8) is 0 Å². The van der Waals surface area contributed by atoms with Gasteiger partial charge in [0.15, 0.2) is 0 Å². The van der Waals surface area contributed by atoms with E-state index < -0.39 is 0 Å². The van der Waals surface area contributed by atoms with Gasteiger partial charge in [-0.3, -0.25) is 0 Å². The number of ether oxygens (including phenoxy) is 1. The predicted molar refractivity (Wildman–Crippen MR) is 61.9 cm³/mol. The highest BCUT2D eigenvalue weighted by molar-refractivity contribution is 5.54. The van der Waals surface area contributed by atoms with E-state index >= 15 is 0 Å². The summed E-state index contributed by atoms with van der Waals surface area (Å²) in [5.74, 6) is 0.825. The Kier molecular flexibility index (Phi) is 4.03. The van der Waals surface area contributed by atoms with Gasteiger partial charge < -0.3 is 4.74 Å². The molecular formula is C12H15NO2. The molecular weight excluding hydrogens is 190 g/mol. The van der Waals surface area contributed by atoms with Crippen molar-refractivity contribution in [3.05, 3.63) is 40.3 Å². The normalized spacial score (nSPS) is 13.4. The Morgan fingerprint density at radius 1 is 1.40 bits per heavy atom. The molecule has 0 aliphatic rings. The summed E-state index contributed by atoms with van der Waals surface area (Å²) in [6.07, 6.45) is 1.95. The Labute approximate surface area is 89.7 Å². The Bertz CT molecular complexity index is 354. The molecule has 0 amide bonds. The molecule has 80 valence electrons. The lowest BCUT2D eigenvalue weighted by molar-refractivity contribution is 0.415. The van der Waals surface area contributed by atoms with Crippen LogP contribution in [0, 0.1) is 4.91 Å². The second kappa shape index (κ2) is 5.29. The molecule has 15 heavy (non-hydrogen) atoms. The van der Waals surface area contributed by atoms with Crippen molar-refractivity contribution < 1.29 is 4.74 Å². The van der Waals surface area contributed by atoms with Gasteiger partial charge in [-0.2, -0.15) is 4.91 Å². The number of methoxy groups -OCH3 is 1. The molecule has 0 aromatic heterocycles. The molecule has 0 radical (unpaired) electrons. The summed E-state index contributed by atoms with van der Waals surface area (Å²) < 4.78 is 5.05. The van der Waals surface area contributed by atoms with Gasteiger partial charge in [0.1, 0.15) is 11.8 Å². The van der Waals surface area contributed by atoms with Crippen LogP contribution in [-0.2, 0) is 0 Å². The average Bonchev–Trinajstić information content (AvgIpc) is 2.29. The Morgan fingerprint density at radius 2 is 2.00 bits per heavy atom. The second-order valence-electron chi connectivity index (χ2n) is 3.44. The molecule has 0 fully saturated rings. The zero-order valence-corrected chi connectivity index (χ0v) is 9.23. The van der Waals surface area contributed by atoms with E-state index in [0.717, 1.165) is 16.9 Å². The van der Waals surface area contributed by atoms with Crippen molar-refractivity contribution >= 4 is 6.08 Å². The van der Waals surface area contributed by atoms with Crippen LogP contribution in [0.4, 0.5) is 0 Å². The van der Waals surface area contributed by atoms with E-state index in [1.807, 2.05) is 37.3 Å². The van der Waals surface area contributed by atoms with E-state index in [2.05, 4.69) is 5.18 Å². The van der Waals surface area contributed by atoms with Crippen molar-refractivity contribution in [2.24, 2.45) is 5.18 Å². The number of nitrogens with zero attached hydrogens (tertiary/aromatic N) is 1. The molecule has 1 aromatic carbocycles. The lowest BCUT2D eigenvalue weighted by Crippen LogP contribution is -1.97. The monoisotopic (exact) mass is 205 g/mol. The Balaban J connectivity index is 2.84. The Hall–Kier alpha value is -1.64. The highest BCUT2D eigenvalue weighted by atomic mass is 16.5. The van der Waals surface area contributed by atoms with E-state index in [-0.39, 0.29) is 6.04 Å². The van der Waals surface area contributed by atoms with Gasteiger partial charge in [0, 0.05) is 0 Å². The highest BCUT2D eigenvalue weighted by Gasteiger charge is 2.02. The summed E-state index contributed by atoms with van der Waals surface area (Å²) in [4.78, 5) is 10.3. The fourth-order valence-corrected chi connectivity index (χ4v) is 1.17. The minimum atomic E-state index is -0.271. The maximum Gasteiger partial charge on any atom is 0.118 e. The number of hydrogen-bond acceptors (Lipinski definition) is 3. The minimum Gasteiger partial charge on any atom is -0.497 e. The molecule has 0 aliphatic heterocycles. The third kappa shape index (κ3) is 3.20. The zero-order valence-electron chi connectivity index (χ0n) is 9.23. The van der Waals surface area contributed by atoms with Gasteiger partial charge in [-0.1, -0.05) is 23.4 Å². The Morgan fingerprint density at radius 3 is 2.47 bits per heavy atom. The van der Waals surface area contributed by atoms with Crippen molar-refractivity contribution in [1.82, 2.24) is 0 Å². The largest absolute Gasteiger partial charge is 0.497 e. The topological polar surface area (TPSA) is 38.7 Å². The van der Waals surface area contributed by atoms with Crippen LogP contribution in [0.3, 0.4) is 0 Å². The molecule has 0 bridgehead atoms. The van der Waals surface area contributed by atoms with Crippen molar-refractivity contribution in [2.75, 3.05) is 7.11 Å². The van der Waals surface area contributed by atoms with Gasteiger partial charge in [0.2, 0.25) is 0 Å². The van der Waals surface area contributed by atoms with E-state index in [1.165, 1.54) is 0 Å². The SMILES string of the molecule is COc1ccc(/C=C(\C)C(C)N=O)cc1. The average molecular weight is 205 g/mol. The summed E-state index contributed by atoms with van der Waals surface area (Å²) >= 11 is 0. The van der Waals surface area contributed by atoms with Crippen molar-refractivity contribution in [1.29, 1.82) is 0 Å². The van der Waals surface area contributed by atoms with Gasteiger partial charge in [-0.25, -0.2) is 0 Å². The van der Waals surface area contributed by atoms with E-state index in [0.29, 0.717) is 0 Å². The first-order chi connectivity index (χ1) is 7.17. The summed E-state index contributed by atoms with van der Waals surface area (Å²) in [5, 5.41) is 2.98. The molecule has 3 nitrogen and oxygen atoms in total. The number of nitroso groups, excluding NO2 is 1. The molecule has 0 aliphatic carbocycles. The van der Waals surface area contributed by atoms with Crippen LogP contribution in [0.5, 0.6) is 5.75 Å². The standard InChI is InChI=1S/C12H15NO2/c1-9(10(2)13-14)8-11-4-6-12(15-3)7-5-11/h4-8,10H,1-3H3/b9-8+. The van der Waals surface area contributed by atoms with Crippen LogP contribution in [0.2, 0.25) is 0 Å². The second-order valence-corrected chi connectivity index (χ2v) is 3.44. The minimum absolute atomic E-state index is 0.271. The third-order valence-electron chi connectivity index (χ3n) is 2.33. The van der Waals surface area contributed by atoms with Gasteiger partial charge in [-0.05, 0) is 37.1 Å². The van der Waals surface area contributed by atoms with Crippen LogP contribution in [-0.4, -0.2) is 13.2 Å². The predicted octanol–water partition coefficient (Wildman–Crippen LogP) is 3.25. The fraction of sp³-hybridized carbons (Fsp3) is 0.333. The zero-order chi connectivity index (χ0) is 11.3. The number of hydrogen-bond donors (Lipinski definition) is 0. The molecule has 0 spiro atoms. The molecule has 0 saturated carbocycles. The molecule has 1 aromatic rings. The number of rotatable bonds is 4. The van der Waals surface area contributed by atoms with Crippen molar-refractivity contribution in [2.45, 2.75) is 19.9 Å². The maximum absolute atomic E-state index is 10.3. The molecule has 1 atom stereocenters. The fourth-order valence-electron chi connectivity index (χ4n) is 1.17. The summed E-state index contributed by atoms with van der Waals surface area (Å²) in [6, 6.07) is 7.39. The van der Waals surface area contributed by atoms with Gasteiger partial charge >= 0.3 is 0 Å². The molecule has 0 heterocycles. The quantitative estimate of drug-likeness (QED) is 0.708. The van der Waals surface area contributed by atoms with Gasteiger partial charge in [0.25, 0.3) is 0 Å². The maximum atomic E-state index is 10.3. The van der Waals surface area contributed by atoms with E-state index in [1.54, 1.807) is 14.0 Å². The molecule has 1 unspecified atom stereocenters. The lowest BCUT2D eigenvalue weighted by atomic mass is 10.1. The molecule has 0 N–H and O–H groups in total. The first-order valence-electron chi connectivity index (χ1n) is 4.82. The van der Waals surface area contributed by atoms with Crippen LogP contribution < -0.4 is 4.74 Å². The first-order valence-corrected chi connectivity index (χ1v) is 4.82. The lowest BCUT2D eigenvalue weighted by Gasteiger charge is -2.03. The first kappa shape index (κ1) is 11.4. The molecule has 3 heteroatoms. The molecule has 0 saturated heterocycles.